The second kappa shape index (κ2) is 11.8. The molecule has 0 aliphatic carbocycles. The fourth-order valence-corrected chi connectivity index (χ4v) is 5.90. The number of sulfonamides is 1. The number of para-hydroxylation sites is 1. The highest BCUT2D eigenvalue weighted by Crippen LogP contribution is 2.35. The number of hydrogen-bond donors (Lipinski definition) is 2. The average molecular weight is 570 g/mol. The maximum Gasteiger partial charge on any atom is 0.274 e. The van der Waals surface area contributed by atoms with Crippen molar-refractivity contribution in [1.29, 1.82) is 0 Å². The molecule has 1 aliphatic heterocycles. The highest BCUT2D eigenvalue weighted by molar-refractivity contribution is 7.89. The van der Waals surface area contributed by atoms with E-state index < -0.39 is 28.1 Å². The Morgan fingerprint density at radius 1 is 1.23 bits per heavy atom. The zero-order chi connectivity index (χ0) is 29.2. The molecular formula is C28H35N5O6S. The predicted molar refractivity (Wildman–Crippen MR) is 150 cm³/mol. The molecule has 0 unspecified atom stereocenters. The predicted octanol–water partition coefficient (Wildman–Crippen LogP) is 2.52. The number of fused-ring (bicyclic) bond motifs is 1. The summed E-state index contributed by atoms with van der Waals surface area (Å²) < 4.78 is 35.7. The van der Waals surface area contributed by atoms with Crippen molar-refractivity contribution in [1.82, 2.24) is 19.0 Å². The monoisotopic (exact) mass is 569 g/mol. The van der Waals surface area contributed by atoms with Crippen LogP contribution in [0.25, 0.3) is 0 Å². The third-order valence-electron chi connectivity index (χ3n) is 7.06. The van der Waals surface area contributed by atoms with Crippen molar-refractivity contribution in [2.75, 3.05) is 32.1 Å². The number of nitrogens with zero attached hydrogens (tertiary/aromatic N) is 4. The van der Waals surface area contributed by atoms with E-state index in [4.69, 9.17) is 4.74 Å². The summed E-state index contributed by atoms with van der Waals surface area (Å²) in [5, 5.41) is 17.0. The van der Waals surface area contributed by atoms with Crippen molar-refractivity contribution in [3.8, 4) is 5.75 Å². The van der Waals surface area contributed by atoms with Gasteiger partial charge in [0.15, 0.2) is 5.75 Å². The standard InChI is InChI=1S/C28H35N5O6S/c1-18-15-33(20(3)17-34)28(36)22-12-9-13-23(29-27(35)24-14-19(2)30-32(24)5)26(22)39-25(18)16-31(4)40(37,38)21-10-7-6-8-11-21/h6-14,18,20,25,34H,15-17H2,1-5H3,(H,29,35)/t18-,20+,25+/m1/s1. The number of hydrogen-bond acceptors (Lipinski definition) is 7. The Hall–Kier alpha value is -3.74. The second-order valence-corrected chi connectivity index (χ2v) is 12.2. The van der Waals surface area contributed by atoms with Crippen molar-refractivity contribution in [3.63, 3.8) is 0 Å². The lowest BCUT2D eigenvalue weighted by molar-refractivity contribution is 0.0388. The van der Waals surface area contributed by atoms with Crippen LogP contribution in [0.15, 0.2) is 59.5 Å². The molecule has 4 rings (SSSR count). The molecule has 0 bridgehead atoms. The summed E-state index contributed by atoms with van der Waals surface area (Å²) in [6.45, 7) is 5.34. The first-order valence-electron chi connectivity index (χ1n) is 13.0. The molecule has 3 atom stereocenters. The quantitative estimate of drug-likeness (QED) is 0.426. The largest absolute Gasteiger partial charge is 0.486 e. The zero-order valence-corrected chi connectivity index (χ0v) is 24.1. The molecule has 0 fully saturated rings. The molecule has 0 saturated heterocycles. The minimum absolute atomic E-state index is 0.0173. The van der Waals surface area contributed by atoms with Crippen LogP contribution in [0.5, 0.6) is 5.75 Å². The van der Waals surface area contributed by atoms with E-state index in [1.165, 1.54) is 28.2 Å². The summed E-state index contributed by atoms with van der Waals surface area (Å²) in [4.78, 5) is 28.5. The van der Waals surface area contributed by atoms with Gasteiger partial charge in [0.1, 0.15) is 11.8 Å². The number of amides is 2. The summed E-state index contributed by atoms with van der Waals surface area (Å²) in [6, 6.07) is 14.1. The van der Waals surface area contributed by atoms with E-state index in [1.54, 1.807) is 68.3 Å². The summed E-state index contributed by atoms with van der Waals surface area (Å²) in [7, 11) is -0.679. The molecule has 3 aromatic rings. The molecule has 1 aliphatic rings. The lowest BCUT2D eigenvalue weighted by atomic mass is 9.99. The zero-order valence-electron chi connectivity index (χ0n) is 23.2. The Balaban J connectivity index is 1.74. The van der Waals surface area contributed by atoms with Gasteiger partial charge in [0.2, 0.25) is 10.0 Å². The molecule has 2 N–H and O–H groups in total. The Morgan fingerprint density at radius 2 is 1.93 bits per heavy atom. The topological polar surface area (TPSA) is 134 Å². The van der Waals surface area contributed by atoms with Crippen molar-refractivity contribution in [2.45, 2.75) is 37.8 Å². The van der Waals surface area contributed by atoms with Crippen LogP contribution >= 0.6 is 0 Å². The minimum Gasteiger partial charge on any atom is -0.486 e. The third-order valence-corrected chi connectivity index (χ3v) is 8.90. The Bertz CT molecular complexity index is 1490. The third kappa shape index (κ3) is 5.88. The van der Waals surface area contributed by atoms with Crippen molar-refractivity contribution >= 4 is 27.5 Å². The van der Waals surface area contributed by atoms with Crippen LogP contribution in [0.1, 0.15) is 40.4 Å². The molecule has 2 heterocycles. The summed E-state index contributed by atoms with van der Waals surface area (Å²) in [5.74, 6) is -0.997. The number of carbonyl (C=O) groups is 2. The lowest BCUT2D eigenvalue weighted by Crippen LogP contribution is -2.50. The van der Waals surface area contributed by atoms with Crippen molar-refractivity contribution in [3.05, 3.63) is 71.5 Å². The van der Waals surface area contributed by atoms with E-state index in [-0.39, 0.29) is 53.4 Å². The number of benzene rings is 2. The number of carbonyl (C=O) groups excluding carboxylic acids is 2. The van der Waals surface area contributed by atoms with Gasteiger partial charge >= 0.3 is 0 Å². The Kier molecular flexibility index (Phi) is 8.62. The van der Waals surface area contributed by atoms with Gasteiger partial charge < -0.3 is 20.1 Å². The van der Waals surface area contributed by atoms with Gasteiger partial charge in [0, 0.05) is 26.6 Å². The van der Waals surface area contributed by atoms with E-state index >= 15 is 0 Å². The van der Waals surface area contributed by atoms with Gasteiger partial charge in [-0.1, -0.05) is 31.2 Å². The van der Waals surface area contributed by atoms with Gasteiger partial charge in [-0.15, -0.1) is 0 Å². The fraction of sp³-hybridized carbons (Fsp3) is 0.393. The van der Waals surface area contributed by atoms with Crippen LogP contribution in [-0.4, -0.2) is 83.2 Å². The highest BCUT2D eigenvalue weighted by Gasteiger charge is 2.36. The van der Waals surface area contributed by atoms with Gasteiger partial charge in [-0.05, 0) is 44.2 Å². The molecule has 1 aromatic heterocycles. The molecule has 0 spiro atoms. The number of aromatic nitrogens is 2. The number of nitrogens with one attached hydrogen (secondary N) is 1. The minimum atomic E-state index is -3.82. The second-order valence-electron chi connectivity index (χ2n) is 10.2. The Morgan fingerprint density at radius 3 is 2.55 bits per heavy atom. The Labute approximate surface area is 234 Å². The molecule has 40 heavy (non-hydrogen) atoms. The number of aryl methyl sites for hydroxylation is 2. The van der Waals surface area contributed by atoms with Crippen LogP contribution in [0.4, 0.5) is 5.69 Å². The van der Waals surface area contributed by atoms with E-state index in [0.29, 0.717) is 11.4 Å². The van der Waals surface area contributed by atoms with E-state index in [0.717, 1.165) is 0 Å². The maximum absolute atomic E-state index is 13.7. The molecule has 0 radical (unpaired) electrons. The SMILES string of the molecule is Cc1cc(C(=O)Nc2cccc3c2O[C@@H](CN(C)S(=O)(=O)c2ccccc2)[C@H](C)CN([C@@H](C)CO)C3=O)n(C)n1. The summed E-state index contributed by atoms with van der Waals surface area (Å²) >= 11 is 0. The van der Waals surface area contributed by atoms with Crippen LogP contribution < -0.4 is 10.1 Å². The molecular weight excluding hydrogens is 534 g/mol. The number of aliphatic hydroxyl groups excluding tert-OH is 1. The number of aliphatic hydroxyl groups is 1. The van der Waals surface area contributed by atoms with Crippen LogP contribution in [-0.2, 0) is 17.1 Å². The number of likely N-dealkylation sites (N-methyl/N-ethyl adjacent to an activating group) is 1. The van der Waals surface area contributed by atoms with Gasteiger partial charge in [-0.3, -0.25) is 14.3 Å². The lowest BCUT2D eigenvalue weighted by Gasteiger charge is -2.38. The molecule has 11 nitrogen and oxygen atoms in total. The van der Waals surface area contributed by atoms with Crippen molar-refractivity contribution in [2.24, 2.45) is 13.0 Å². The molecule has 0 saturated carbocycles. The van der Waals surface area contributed by atoms with Crippen molar-refractivity contribution < 1.29 is 27.9 Å². The smallest absolute Gasteiger partial charge is 0.274 e. The first kappa shape index (κ1) is 29.2. The molecule has 12 heteroatoms. The molecule has 2 amide bonds. The highest BCUT2D eigenvalue weighted by atomic mass is 32.2. The maximum atomic E-state index is 13.7. The molecule has 2 aromatic carbocycles. The van der Waals surface area contributed by atoms with E-state index in [2.05, 4.69) is 10.4 Å². The van der Waals surface area contributed by atoms with Gasteiger partial charge in [0.25, 0.3) is 11.8 Å². The van der Waals surface area contributed by atoms with Crippen LogP contribution in [0, 0.1) is 12.8 Å². The normalized spacial score (nSPS) is 18.5. The average Bonchev–Trinajstić information content (AvgIpc) is 3.28. The number of anilines is 1. The summed E-state index contributed by atoms with van der Waals surface area (Å²) in [5.41, 5.74) is 1.46. The van der Waals surface area contributed by atoms with Crippen LogP contribution in [0.3, 0.4) is 0 Å². The summed E-state index contributed by atoms with van der Waals surface area (Å²) in [6.07, 6.45) is -0.694. The number of rotatable bonds is 8. The van der Waals surface area contributed by atoms with Gasteiger partial charge in [0.05, 0.1) is 41.0 Å². The fourth-order valence-electron chi connectivity index (χ4n) is 4.69. The number of ether oxygens (including phenoxy) is 1. The van der Waals surface area contributed by atoms with Gasteiger partial charge in [-0.25, -0.2) is 8.42 Å². The van der Waals surface area contributed by atoms with Gasteiger partial charge in [-0.2, -0.15) is 9.40 Å². The van der Waals surface area contributed by atoms with Crippen LogP contribution in [0.2, 0.25) is 0 Å². The first-order chi connectivity index (χ1) is 18.9. The first-order valence-corrected chi connectivity index (χ1v) is 14.4. The van der Waals surface area contributed by atoms with E-state index in [1.807, 2.05) is 6.92 Å². The van der Waals surface area contributed by atoms with E-state index in [9.17, 15) is 23.1 Å². The molecule has 214 valence electrons.